The normalized spacial score (nSPS) is 12.7. The molecule has 1 aromatic heterocycles. The summed E-state index contributed by atoms with van der Waals surface area (Å²) in [5.41, 5.74) is 7.66. The van der Waals surface area contributed by atoms with E-state index in [9.17, 15) is 8.78 Å². The highest BCUT2D eigenvalue weighted by atomic mass is 79.9. The first-order valence-corrected chi connectivity index (χ1v) is 6.74. The lowest BCUT2D eigenvalue weighted by molar-refractivity contribution is -0.0498. The standard InChI is InChI=1S/C13H14BrF2N3O/c1-7-11(14)12(17)19(18-7)8(2)9-3-5-10(6-4-9)20-13(15)16/h3-6,8,13H,17H2,1-2H3. The van der Waals surface area contributed by atoms with Crippen LogP contribution in [0.25, 0.3) is 0 Å². The summed E-state index contributed by atoms with van der Waals surface area (Å²) in [6.45, 7) is 0.959. The SMILES string of the molecule is Cc1nn(C(C)c2ccc(OC(F)F)cc2)c(N)c1Br. The Morgan fingerprint density at radius 1 is 1.30 bits per heavy atom. The van der Waals surface area contributed by atoms with Crippen molar-refractivity contribution in [2.45, 2.75) is 26.5 Å². The van der Waals surface area contributed by atoms with Crippen LogP contribution in [-0.2, 0) is 0 Å². The fourth-order valence-corrected chi connectivity index (χ4v) is 2.17. The number of hydrogen-bond acceptors (Lipinski definition) is 3. The molecular weight excluding hydrogens is 332 g/mol. The Hall–Kier alpha value is -1.63. The molecule has 1 heterocycles. The van der Waals surface area contributed by atoms with E-state index in [2.05, 4.69) is 25.8 Å². The third-order valence-corrected chi connectivity index (χ3v) is 3.98. The Kier molecular flexibility index (Phi) is 4.27. The molecule has 0 bridgehead atoms. The van der Waals surface area contributed by atoms with Gasteiger partial charge in [-0.25, -0.2) is 4.68 Å². The van der Waals surface area contributed by atoms with Gasteiger partial charge < -0.3 is 10.5 Å². The van der Waals surface area contributed by atoms with Crippen molar-refractivity contribution in [1.82, 2.24) is 9.78 Å². The topological polar surface area (TPSA) is 53.1 Å². The third-order valence-electron chi connectivity index (χ3n) is 3.00. The highest BCUT2D eigenvalue weighted by molar-refractivity contribution is 9.10. The molecule has 2 aromatic rings. The molecule has 0 amide bonds. The average Bonchev–Trinajstić information content (AvgIpc) is 2.66. The average molecular weight is 346 g/mol. The minimum Gasteiger partial charge on any atom is -0.435 e. The van der Waals surface area contributed by atoms with E-state index < -0.39 is 6.61 Å². The summed E-state index contributed by atoms with van der Waals surface area (Å²) in [6, 6.07) is 6.32. The summed E-state index contributed by atoms with van der Waals surface area (Å²) in [6.07, 6.45) is 0. The van der Waals surface area contributed by atoms with Crippen molar-refractivity contribution in [3.63, 3.8) is 0 Å². The van der Waals surface area contributed by atoms with Gasteiger partial charge >= 0.3 is 6.61 Å². The molecular formula is C13H14BrF2N3O. The number of nitrogens with zero attached hydrogens (tertiary/aromatic N) is 2. The van der Waals surface area contributed by atoms with Gasteiger partial charge in [-0.3, -0.25) is 0 Å². The second-order valence-electron chi connectivity index (χ2n) is 4.35. The zero-order valence-electron chi connectivity index (χ0n) is 11.0. The van der Waals surface area contributed by atoms with Gasteiger partial charge in [-0.1, -0.05) is 12.1 Å². The summed E-state index contributed by atoms with van der Waals surface area (Å²) in [5, 5.41) is 4.35. The summed E-state index contributed by atoms with van der Waals surface area (Å²) in [7, 11) is 0. The lowest BCUT2D eigenvalue weighted by Crippen LogP contribution is -2.11. The molecule has 1 unspecified atom stereocenters. The molecule has 0 radical (unpaired) electrons. The minimum absolute atomic E-state index is 0.111. The molecule has 0 aliphatic rings. The maximum Gasteiger partial charge on any atom is 0.387 e. The van der Waals surface area contributed by atoms with Crippen LogP contribution in [0.4, 0.5) is 14.6 Å². The van der Waals surface area contributed by atoms with Crippen LogP contribution in [0.5, 0.6) is 5.75 Å². The fraction of sp³-hybridized carbons (Fsp3) is 0.308. The Balaban J connectivity index is 2.24. The second-order valence-corrected chi connectivity index (χ2v) is 5.15. The molecule has 0 fully saturated rings. The number of anilines is 1. The molecule has 0 saturated heterocycles. The Morgan fingerprint density at radius 3 is 2.35 bits per heavy atom. The fourth-order valence-electron chi connectivity index (χ4n) is 1.91. The first kappa shape index (κ1) is 14.8. The summed E-state index contributed by atoms with van der Waals surface area (Å²) >= 11 is 3.37. The molecule has 1 aromatic carbocycles. The molecule has 2 rings (SSSR count). The number of ether oxygens (including phenoxy) is 1. The smallest absolute Gasteiger partial charge is 0.387 e. The first-order valence-electron chi connectivity index (χ1n) is 5.95. The van der Waals surface area contributed by atoms with Gasteiger partial charge in [-0.05, 0) is 47.5 Å². The van der Waals surface area contributed by atoms with E-state index in [1.165, 1.54) is 12.1 Å². The van der Waals surface area contributed by atoms with Crippen LogP contribution in [0.15, 0.2) is 28.7 Å². The predicted molar refractivity (Wildman–Crippen MR) is 76.0 cm³/mol. The van der Waals surface area contributed by atoms with Crippen molar-refractivity contribution in [2.24, 2.45) is 0 Å². The molecule has 0 aliphatic heterocycles. The maximum absolute atomic E-state index is 12.1. The van der Waals surface area contributed by atoms with Crippen LogP contribution in [0.3, 0.4) is 0 Å². The second kappa shape index (κ2) is 5.78. The van der Waals surface area contributed by atoms with Crippen molar-refractivity contribution in [1.29, 1.82) is 0 Å². The van der Waals surface area contributed by atoms with Gasteiger partial charge in [0.15, 0.2) is 0 Å². The van der Waals surface area contributed by atoms with Gasteiger partial charge in [0.05, 0.1) is 16.2 Å². The Bertz CT molecular complexity index is 598. The highest BCUT2D eigenvalue weighted by Gasteiger charge is 2.16. The van der Waals surface area contributed by atoms with Crippen molar-refractivity contribution < 1.29 is 13.5 Å². The lowest BCUT2D eigenvalue weighted by Gasteiger charge is -2.15. The largest absolute Gasteiger partial charge is 0.435 e. The third kappa shape index (κ3) is 2.92. The van der Waals surface area contributed by atoms with E-state index in [0.29, 0.717) is 5.82 Å². The number of benzene rings is 1. The predicted octanol–water partition coefficient (Wildman–Crippen LogP) is 3.75. The van der Waals surface area contributed by atoms with E-state index in [0.717, 1.165) is 15.7 Å². The number of aromatic nitrogens is 2. The molecule has 7 heteroatoms. The molecule has 1 atom stereocenters. The monoisotopic (exact) mass is 345 g/mol. The van der Waals surface area contributed by atoms with Crippen molar-refractivity contribution in [3.05, 3.63) is 40.0 Å². The molecule has 20 heavy (non-hydrogen) atoms. The van der Waals surface area contributed by atoms with Crippen LogP contribution in [0, 0.1) is 6.92 Å². The van der Waals surface area contributed by atoms with E-state index in [1.807, 2.05) is 13.8 Å². The van der Waals surface area contributed by atoms with Gasteiger partial charge in [0.25, 0.3) is 0 Å². The number of alkyl halides is 2. The number of aryl methyl sites for hydroxylation is 1. The lowest BCUT2D eigenvalue weighted by atomic mass is 10.1. The van der Waals surface area contributed by atoms with Crippen molar-refractivity contribution in [2.75, 3.05) is 5.73 Å². The maximum atomic E-state index is 12.1. The molecule has 4 nitrogen and oxygen atoms in total. The van der Waals surface area contributed by atoms with E-state index >= 15 is 0 Å². The Morgan fingerprint density at radius 2 is 1.90 bits per heavy atom. The number of rotatable bonds is 4. The molecule has 108 valence electrons. The van der Waals surface area contributed by atoms with Crippen LogP contribution < -0.4 is 10.5 Å². The highest BCUT2D eigenvalue weighted by Crippen LogP contribution is 2.29. The zero-order valence-corrected chi connectivity index (χ0v) is 12.6. The van der Waals surface area contributed by atoms with Crippen molar-refractivity contribution >= 4 is 21.7 Å². The van der Waals surface area contributed by atoms with Gasteiger partial charge in [0.2, 0.25) is 0 Å². The van der Waals surface area contributed by atoms with Gasteiger partial charge in [0, 0.05) is 0 Å². The van der Waals surface area contributed by atoms with Gasteiger partial charge in [0.1, 0.15) is 11.6 Å². The number of nitrogens with two attached hydrogens (primary N) is 1. The van der Waals surface area contributed by atoms with E-state index in [4.69, 9.17) is 5.73 Å². The summed E-state index contributed by atoms with van der Waals surface area (Å²) in [4.78, 5) is 0. The number of nitrogen functional groups attached to an aromatic ring is 1. The molecule has 0 spiro atoms. The number of hydrogen-bond donors (Lipinski definition) is 1. The van der Waals surface area contributed by atoms with Gasteiger partial charge in [-0.15, -0.1) is 0 Å². The summed E-state index contributed by atoms with van der Waals surface area (Å²) in [5.74, 6) is 0.657. The first-order chi connectivity index (χ1) is 9.40. The summed E-state index contributed by atoms with van der Waals surface area (Å²) < 4.78 is 30.9. The minimum atomic E-state index is -2.82. The molecule has 2 N–H and O–H groups in total. The molecule has 0 aliphatic carbocycles. The van der Waals surface area contributed by atoms with Crippen LogP contribution in [-0.4, -0.2) is 16.4 Å². The number of halogens is 3. The quantitative estimate of drug-likeness (QED) is 0.918. The van der Waals surface area contributed by atoms with Crippen LogP contribution in [0.2, 0.25) is 0 Å². The Labute approximate surface area is 123 Å². The van der Waals surface area contributed by atoms with Crippen molar-refractivity contribution in [3.8, 4) is 5.75 Å². The van der Waals surface area contributed by atoms with Crippen LogP contribution in [0.1, 0.15) is 24.2 Å². The molecule has 0 saturated carbocycles. The van der Waals surface area contributed by atoms with E-state index in [-0.39, 0.29) is 11.8 Å². The zero-order chi connectivity index (χ0) is 14.9. The van der Waals surface area contributed by atoms with Crippen LogP contribution >= 0.6 is 15.9 Å². The van der Waals surface area contributed by atoms with Gasteiger partial charge in [-0.2, -0.15) is 13.9 Å². The van der Waals surface area contributed by atoms with E-state index in [1.54, 1.807) is 16.8 Å².